The summed E-state index contributed by atoms with van der Waals surface area (Å²) < 4.78 is 54.5. The molecule has 0 unspecified atom stereocenters. The van der Waals surface area contributed by atoms with Gasteiger partial charge in [0, 0.05) is 0 Å². The first kappa shape index (κ1) is 18.0. The van der Waals surface area contributed by atoms with E-state index >= 15 is 0 Å². The van der Waals surface area contributed by atoms with E-state index in [0.717, 1.165) is 11.3 Å². The van der Waals surface area contributed by atoms with Gasteiger partial charge in [0.1, 0.15) is 23.1 Å². The number of hydrogen-bond donors (Lipinski definition) is 1. The highest BCUT2D eigenvalue weighted by atomic mass is 19.4. The molecule has 1 aliphatic heterocycles. The number of fused-ring (bicyclic) bond motifs is 1. The summed E-state index contributed by atoms with van der Waals surface area (Å²) in [6.07, 6.45) is -3.15. The predicted octanol–water partition coefficient (Wildman–Crippen LogP) is 4.46. The van der Waals surface area contributed by atoms with Crippen LogP contribution in [0.5, 0.6) is 5.75 Å². The van der Waals surface area contributed by atoms with Crippen LogP contribution in [0.25, 0.3) is 11.4 Å². The number of imidazole rings is 1. The number of halogens is 4. The van der Waals surface area contributed by atoms with Gasteiger partial charge in [-0.3, -0.25) is 5.01 Å². The molecule has 2 aromatic carbocycles. The Hall–Kier alpha value is -3.36. The summed E-state index contributed by atoms with van der Waals surface area (Å²) in [4.78, 5) is 7.49. The van der Waals surface area contributed by atoms with Gasteiger partial charge in [-0.15, -0.1) is 13.2 Å². The fraction of sp³-hybridized carbons (Fsp3) is 0.158. The minimum Gasteiger partial charge on any atom is -0.406 e. The van der Waals surface area contributed by atoms with E-state index in [2.05, 4.69) is 19.8 Å². The van der Waals surface area contributed by atoms with Crippen LogP contribution in [0, 0.1) is 5.82 Å². The highest BCUT2D eigenvalue weighted by Crippen LogP contribution is 2.25. The average molecular weight is 390 g/mol. The second-order valence-corrected chi connectivity index (χ2v) is 6.19. The monoisotopic (exact) mass is 390 g/mol. The maximum absolute atomic E-state index is 14.0. The van der Waals surface area contributed by atoms with Crippen molar-refractivity contribution in [2.75, 3.05) is 0 Å². The summed E-state index contributed by atoms with van der Waals surface area (Å²) in [5.41, 5.74) is 2.55. The van der Waals surface area contributed by atoms with Crippen LogP contribution in [-0.4, -0.2) is 27.6 Å². The third-order valence-corrected chi connectivity index (χ3v) is 4.15. The van der Waals surface area contributed by atoms with Crippen LogP contribution in [0.3, 0.4) is 0 Å². The van der Waals surface area contributed by atoms with Gasteiger partial charge in [-0.05, 0) is 29.8 Å². The Kier molecular flexibility index (Phi) is 4.50. The number of alkyl halides is 3. The van der Waals surface area contributed by atoms with Crippen molar-refractivity contribution in [3.8, 4) is 17.1 Å². The van der Waals surface area contributed by atoms with Crippen LogP contribution in [0.1, 0.15) is 17.0 Å². The van der Waals surface area contributed by atoms with Gasteiger partial charge in [0.2, 0.25) is 0 Å². The quantitative estimate of drug-likeness (QED) is 0.669. The van der Waals surface area contributed by atoms with Gasteiger partial charge < -0.3 is 9.72 Å². The Bertz CT molecular complexity index is 1010. The van der Waals surface area contributed by atoms with Crippen LogP contribution in [-0.2, 0) is 13.1 Å². The summed E-state index contributed by atoms with van der Waals surface area (Å²) in [6, 6.07) is 11.9. The predicted molar refractivity (Wildman–Crippen MR) is 93.9 cm³/mol. The lowest BCUT2D eigenvalue weighted by Crippen LogP contribution is -2.21. The molecule has 9 heteroatoms. The third kappa shape index (κ3) is 3.98. The standard InChI is InChI=1S/C19H14F4N4O/c20-15-4-2-1-3-14(15)18-25-16-9-24-27(11-17(16)26-18)10-12-5-7-13(8-6-12)28-19(21,22)23/h1-9H,10-11H2,(H,25,26). The van der Waals surface area contributed by atoms with Gasteiger partial charge in [0.15, 0.2) is 0 Å². The van der Waals surface area contributed by atoms with Gasteiger partial charge >= 0.3 is 6.36 Å². The number of aromatic nitrogens is 2. The van der Waals surface area contributed by atoms with E-state index in [0.29, 0.717) is 30.2 Å². The van der Waals surface area contributed by atoms with E-state index in [1.54, 1.807) is 41.6 Å². The number of aromatic amines is 1. The molecule has 1 aromatic heterocycles. The van der Waals surface area contributed by atoms with E-state index < -0.39 is 6.36 Å². The van der Waals surface area contributed by atoms with Crippen molar-refractivity contribution in [3.05, 3.63) is 71.3 Å². The summed E-state index contributed by atoms with van der Waals surface area (Å²) in [7, 11) is 0. The van der Waals surface area contributed by atoms with Gasteiger partial charge in [-0.2, -0.15) is 5.10 Å². The van der Waals surface area contributed by atoms with E-state index in [9.17, 15) is 17.6 Å². The molecule has 0 saturated heterocycles. The molecule has 5 nitrogen and oxygen atoms in total. The van der Waals surface area contributed by atoms with Gasteiger partial charge in [-0.1, -0.05) is 24.3 Å². The topological polar surface area (TPSA) is 53.5 Å². The van der Waals surface area contributed by atoms with E-state index in [-0.39, 0.29) is 11.6 Å². The zero-order chi connectivity index (χ0) is 19.7. The maximum Gasteiger partial charge on any atom is 0.573 e. The Morgan fingerprint density at radius 3 is 2.54 bits per heavy atom. The molecule has 28 heavy (non-hydrogen) atoms. The second kappa shape index (κ2) is 6.99. The molecule has 0 spiro atoms. The number of benzene rings is 2. The van der Waals surface area contributed by atoms with E-state index in [4.69, 9.17) is 0 Å². The molecule has 4 rings (SSSR count). The first-order chi connectivity index (χ1) is 13.4. The highest BCUT2D eigenvalue weighted by molar-refractivity contribution is 5.80. The van der Waals surface area contributed by atoms with Crippen LogP contribution >= 0.6 is 0 Å². The fourth-order valence-corrected chi connectivity index (χ4v) is 2.89. The molecule has 0 amide bonds. The second-order valence-electron chi connectivity index (χ2n) is 6.19. The van der Waals surface area contributed by atoms with Crippen LogP contribution in [0.2, 0.25) is 0 Å². The fourth-order valence-electron chi connectivity index (χ4n) is 2.89. The Morgan fingerprint density at radius 1 is 1.07 bits per heavy atom. The Labute approximate surface area is 157 Å². The number of rotatable bonds is 4. The van der Waals surface area contributed by atoms with Crippen molar-refractivity contribution in [1.82, 2.24) is 15.0 Å². The molecule has 2 heterocycles. The lowest BCUT2D eigenvalue weighted by molar-refractivity contribution is -0.274. The molecule has 0 aliphatic carbocycles. The van der Waals surface area contributed by atoms with Crippen molar-refractivity contribution in [3.63, 3.8) is 0 Å². The average Bonchev–Trinajstić information content (AvgIpc) is 3.05. The van der Waals surface area contributed by atoms with Crippen LogP contribution < -0.4 is 4.74 Å². The minimum absolute atomic E-state index is 0.274. The molecule has 144 valence electrons. The zero-order valence-electron chi connectivity index (χ0n) is 14.4. The summed E-state index contributed by atoms with van der Waals surface area (Å²) in [5.74, 6) is -0.225. The minimum atomic E-state index is -4.72. The normalized spacial score (nSPS) is 13.5. The molecular formula is C19H14F4N4O. The Balaban J connectivity index is 1.45. The van der Waals surface area contributed by atoms with Gasteiger partial charge in [0.25, 0.3) is 0 Å². The van der Waals surface area contributed by atoms with Gasteiger partial charge in [-0.25, -0.2) is 9.37 Å². The number of nitrogens with one attached hydrogen (secondary N) is 1. The molecule has 1 aliphatic rings. The van der Waals surface area contributed by atoms with Gasteiger partial charge in [0.05, 0.1) is 30.6 Å². The number of hydrogen-bond acceptors (Lipinski definition) is 4. The number of H-pyrrole nitrogens is 1. The Morgan fingerprint density at radius 2 is 1.82 bits per heavy atom. The maximum atomic E-state index is 14.0. The molecule has 0 atom stereocenters. The summed E-state index contributed by atoms with van der Waals surface area (Å²) in [5, 5.41) is 6.03. The van der Waals surface area contributed by atoms with E-state index in [1.807, 2.05) is 0 Å². The van der Waals surface area contributed by atoms with Crippen molar-refractivity contribution in [2.45, 2.75) is 19.5 Å². The lowest BCUT2D eigenvalue weighted by Gasteiger charge is -2.21. The molecular weight excluding hydrogens is 376 g/mol. The van der Waals surface area contributed by atoms with Crippen molar-refractivity contribution in [1.29, 1.82) is 0 Å². The number of ether oxygens (including phenoxy) is 1. The third-order valence-electron chi connectivity index (χ3n) is 4.15. The SMILES string of the molecule is Fc1ccccc1-c1nc2c([nH]1)CN(Cc1ccc(OC(F)(F)F)cc1)N=C2. The smallest absolute Gasteiger partial charge is 0.406 e. The zero-order valence-corrected chi connectivity index (χ0v) is 14.4. The van der Waals surface area contributed by atoms with Crippen LogP contribution in [0.4, 0.5) is 17.6 Å². The molecule has 0 bridgehead atoms. The van der Waals surface area contributed by atoms with E-state index in [1.165, 1.54) is 18.2 Å². The summed E-state index contributed by atoms with van der Waals surface area (Å²) >= 11 is 0. The van der Waals surface area contributed by atoms with Crippen LogP contribution in [0.15, 0.2) is 53.6 Å². The molecule has 3 aromatic rings. The lowest BCUT2D eigenvalue weighted by atomic mass is 10.2. The highest BCUT2D eigenvalue weighted by Gasteiger charge is 2.31. The first-order valence-electron chi connectivity index (χ1n) is 8.35. The molecule has 1 N–H and O–H groups in total. The summed E-state index contributed by atoms with van der Waals surface area (Å²) in [6.45, 7) is 0.796. The number of nitrogens with zero attached hydrogens (tertiary/aromatic N) is 3. The first-order valence-corrected chi connectivity index (χ1v) is 8.35. The molecule has 0 radical (unpaired) electrons. The van der Waals surface area contributed by atoms with Crippen molar-refractivity contribution < 1.29 is 22.3 Å². The largest absolute Gasteiger partial charge is 0.573 e. The molecule has 0 fully saturated rings. The molecule has 0 saturated carbocycles. The number of hydrazone groups is 1. The van der Waals surface area contributed by atoms with Crippen molar-refractivity contribution >= 4 is 6.21 Å². The van der Waals surface area contributed by atoms with Crippen molar-refractivity contribution in [2.24, 2.45) is 5.10 Å².